The van der Waals surface area contributed by atoms with Crippen LogP contribution in [-0.2, 0) is 6.54 Å². The van der Waals surface area contributed by atoms with Crippen LogP contribution in [0.4, 0.5) is 8.78 Å². The molecule has 3 nitrogen and oxygen atoms in total. The number of hydrogen-bond acceptors (Lipinski definition) is 3. The summed E-state index contributed by atoms with van der Waals surface area (Å²) in [6.45, 7) is -0.00329. The molecule has 0 aliphatic carbocycles. The number of alkyl halides is 2. The van der Waals surface area contributed by atoms with Crippen LogP contribution < -0.4 is 10.5 Å². The van der Waals surface area contributed by atoms with Crippen LogP contribution in [0.5, 0.6) is 5.88 Å². The van der Waals surface area contributed by atoms with Crippen molar-refractivity contribution < 1.29 is 13.5 Å². The molecule has 1 aromatic rings. The van der Waals surface area contributed by atoms with Crippen LogP contribution in [0.1, 0.15) is 17.6 Å². The Balaban J connectivity index is 3.19. The Labute approximate surface area is 74.5 Å². The van der Waals surface area contributed by atoms with Crippen LogP contribution in [0, 0.1) is 0 Å². The Morgan fingerprint density at radius 2 is 2.31 bits per heavy atom. The maximum Gasteiger partial charge on any atom is 0.264 e. The molecule has 0 saturated heterocycles. The molecular formula is C8H10F2N2O. The summed E-state index contributed by atoms with van der Waals surface area (Å²) in [4.78, 5) is 3.78. The fraction of sp³-hybridized carbons (Fsp3) is 0.375. The molecule has 5 heteroatoms. The fourth-order valence-electron chi connectivity index (χ4n) is 1.07. The summed E-state index contributed by atoms with van der Waals surface area (Å²) in [5.41, 5.74) is 5.46. The van der Waals surface area contributed by atoms with Crippen LogP contribution in [0.3, 0.4) is 0 Å². The van der Waals surface area contributed by atoms with Gasteiger partial charge in [0.25, 0.3) is 6.43 Å². The average molecular weight is 188 g/mol. The monoisotopic (exact) mass is 188 g/mol. The first-order valence-electron chi connectivity index (χ1n) is 3.70. The quantitative estimate of drug-likeness (QED) is 0.781. The van der Waals surface area contributed by atoms with Crippen molar-refractivity contribution in [2.75, 3.05) is 7.11 Å². The van der Waals surface area contributed by atoms with Crippen molar-refractivity contribution in [1.29, 1.82) is 0 Å². The minimum Gasteiger partial charge on any atom is -0.481 e. The molecule has 0 bridgehead atoms. The lowest BCUT2D eigenvalue weighted by molar-refractivity contribution is 0.149. The number of rotatable bonds is 3. The third-order valence-corrected chi connectivity index (χ3v) is 1.69. The highest BCUT2D eigenvalue weighted by atomic mass is 19.3. The molecule has 0 aliphatic heterocycles. The predicted molar refractivity (Wildman–Crippen MR) is 43.6 cm³/mol. The van der Waals surface area contributed by atoms with Crippen molar-refractivity contribution >= 4 is 0 Å². The van der Waals surface area contributed by atoms with Gasteiger partial charge in [0, 0.05) is 23.9 Å². The number of pyridine rings is 1. The molecule has 1 aromatic heterocycles. The van der Waals surface area contributed by atoms with E-state index < -0.39 is 6.43 Å². The summed E-state index contributed by atoms with van der Waals surface area (Å²) in [5, 5.41) is 0. The van der Waals surface area contributed by atoms with Crippen LogP contribution in [-0.4, -0.2) is 12.1 Å². The van der Waals surface area contributed by atoms with E-state index in [9.17, 15) is 8.78 Å². The van der Waals surface area contributed by atoms with Crippen molar-refractivity contribution in [3.05, 3.63) is 23.4 Å². The molecule has 0 amide bonds. The molecule has 0 aliphatic rings. The minimum atomic E-state index is -2.55. The second-order valence-corrected chi connectivity index (χ2v) is 2.39. The van der Waals surface area contributed by atoms with Gasteiger partial charge in [-0.3, -0.25) is 0 Å². The van der Waals surface area contributed by atoms with Crippen LogP contribution in [0.25, 0.3) is 0 Å². The van der Waals surface area contributed by atoms with Gasteiger partial charge >= 0.3 is 0 Å². The lowest BCUT2D eigenvalue weighted by Gasteiger charge is -2.09. The van der Waals surface area contributed by atoms with E-state index in [1.807, 2.05) is 0 Å². The van der Waals surface area contributed by atoms with Gasteiger partial charge in [-0.15, -0.1) is 0 Å². The van der Waals surface area contributed by atoms with Gasteiger partial charge in [0.15, 0.2) is 0 Å². The highest BCUT2D eigenvalue weighted by Crippen LogP contribution is 2.27. The maximum atomic E-state index is 12.4. The zero-order valence-corrected chi connectivity index (χ0v) is 7.13. The van der Waals surface area contributed by atoms with E-state index in [1.54, 1.807) is 0 Å². The van der Waals surface area contributed by atoms with E-state index >= 15 is 0 Å². The molecule has 0 radical (unpaired) electrons. The fourth-order valence-corrected chi connectivity index (χ4v) is 1.07. The van der Waals surface area contributed by atoms with E-state index in [-0.39, 0.29) is 23.6 Å². The van der Waals surface area contributed by atoms with Gasteiger partial charge in [-0.25, -0.2) is 13.8 Å². The number of methoxy groups -OCH3 is 1. The molecule has 0 unspecified atom stereocenters. The molecule has 2 N–H and O–H groups in total. The first kappa shape index (κ1) is 9.85. The lowest BCUT2D eigenvalue weighted by Crippen LogP contribution is -2.06. The standard InChI is InChI=1S/C8H10F2N2O/c1-13-8-6(4-11)5(7(9)10)2-3-12-8/h2-3,7H,4,11H2,1H3. The van der Waals surface area contributed by atoms with Gasteiger partial charge in [-0.05, 0) is 6.07 Å². The van der Waals surface area contributed by atoms with E-state index in [4.69, 9.17) is 10.5 Å². The molecule has 1 rings (SSSR count). The lowest BCUT2D eigenvalue weighted by atomic mass is 10.1. The molecule has 0 aromatic carbocycles. The van der Waals surface area contributed by atoms with Crippen LogP contribution in [0.15, 0.2) is 12.3 Å². The molecular weight excluding hydrogens is 178 g/mol. The Morgan fingerprint density at radius 3 is 2.77 bits per heavy atom. The summed E-state index contributed by atoms with van der Waals surface area (Å²) in [6, 6.07) is 1.25. The number of ether oxygens (including phenoxy) is 1. The smallest absolute Gasteiger partial charge is 0.264 e. The van der Waals surface area contributed by atoms with Crippen molar-refractivity contribution in [2.45, 2.75) is 13.0 Å². The second kappa shape index (κ2) is 4.13. The first-order chi connectivity index (χ1) is 6.20. The van der Waals surface area contributed by atoms with Gasteiger partial charge in [-0.2, -0.15) is 0 Å². The van der Waals surface area contributed by atoms with Gasteiger partial charge in [0.05, 0.1) is 7.11 Å². The molecule has 0 spiro atoms. The number of halogens is 2. The Morgan fingerprint density at radius 1 is 1.62 bits per heavy atom. The summed E-state index contributed by atoms with van der Waals surface area (Å²) in [7, 11) is 1.37. The zero-order chi connectivity index (χ0) is 9.84. The molecule has 0 saturated carbocycles. The minimum absolute atomic E-state index is 0.00329. The molecule has 1 heterocycles. The van der Waals surface area contributed by atoms with E-state index in [1.165, 1.54) is 19.4 Å². The highest BCUT2D eigenvalue weighted by Gasteiger charge is 2.15. The molecule has 13 heavy (non-hydrogen) atoms. The van der Waals surface area contributed by atoms with E-state index in [0.29, 0.717) is 0 Å². The largest absolute Gasteiger partial charge is 0.481 e. The number of aromatic nitrogens is 1. The van der Waals surface area contributed by atoms with Crippen molar-refractivity contribution in [2.24, 2.45) is 5.73 Å². The summed E-state index contributed by atoms with van der Waals surface area (Å²) < 4.78 is 29.6. The molecule has 0 atom stereocenters. The van der Waals surface area contributed by atoms with E-state index in [2.05, 4.69) is 4.98 Å². The van der Waals surface area contributed by atoms with Gasteiger partial charge < -0.3 is 10.5 Å². The topological polar surface area (TPSA) is 48.1 Å². The maximum absolute atomic E-state index is 12.4. The van der Waals surface area contributed by atoms with Crippen LogP contribution >= 0.6 is 0 Å². The van der Waals surface area contributed by atoms with Gasteiger partial charge in [-0.1, -0.05) is 0 Å². The normalized spacial score (nSPS) is 10.5. The summed E-state index contributed by atoms with van der Waals surface area (Å²) in [5.74, 6) is 0.167. The van der Waals surface area contributed by atoms with Crippen molar-refractivity contribution in [3.63, 3.8) is 0 Å². The third kappa shape index (κ3) is 1.92. The zero-order valence-electron chi connectivity index (χ0n) is 7.13. The Bertz CT molecular complexity index is 291. The second-order valence-electron chi connectivity index (χ2n) is 2.39. The number of hydrogen-bond donors (Lipinski definition) is 1. The SMILES string of the molecule is COc1nccc(C(F)F)c1CN. The molecule has 72 valence electrons. The average Bonchev–Trinajstić information content (AvgIpc) is 2.16. The number of nitrogens with two attached hydrogens (primary N) is 1. The Hall–Kier alpha value is -1.23. The number of nitrogens with zero attached hydrogens (tertiary/aromatic N) is 1. The van der Waals surface area contributed by atoms with Crippen molar-refractivity contribution in [1.82, 2.24) is 4.98 Å². The summed E-state index contributed by atoms with van der Waals surface area (Å²) in [6.07, 6.45) is -1.27. The van der Waals surface area contributed by atoms with Crippen LogP contribution in [0.2, 0.25) is 0 Å². The predicted octanol–water partition coefficient (Wildman–Crippen LogP) is 1.49. The van der Waals surface area contributed by atoms with Gasteiger partial charge in [0.1, 0.15) is 0 Å². The first-order valence-corrected chi connectivity index (χ1v) is 3.70. The molecule has 0 fully saturated rings. The third-order valence-electron chi connectivity index (χ3n) is 1.69. The Kier molecular flexibility index (Phi) is 3.13. The highest BCUT2D eigenvalue weighted by molar-refractivity contribution is 5.34. The van der Waals surface area contributed by atoms with Crippen molar-refractivity contribution in [3.8, 4) is 5.88 Å². The summed E-state index contributed by atoms with van der Waals surface area (Å²) >= 11 is 0. The van der Waals surface area contributed by atoms with Gasteiger partial charge in [0.2, 0.25) is 5.88 Å². The van der Waals surface area contributed by atoms with E-state index in [0.717, 1.165) is 0 Å².